The number of benzene rings is 1. The van der Waals surface area contributed by atoms with E-state index in [-0.39, 0.29) is 24.3 Å². The molecule has 8 heteroatoms. The number of nitrogens with one attached hydrogen (secondary N) is 1. The first-order valence-electron chi connectivity index (χ1n) is 9.34. The number of aryl methyl sites for hydroxylation is 1. The van der Waals surface area contributed by atoms with Gasteiger partial charge in [0, 0.05) is 31.4 Å². The Balaban J connectivity index is 1.44. The highest BCUT2D eigenvalue weighted by Gasteiger charge is 2.26. The van der Waals surface area contributed by atoms with E-state index >= 15 is 0 Å². The summed E-state index contributed by atoms with van der Waals surface area (Å²) < 4.78 is 26.1. The highest BCUT2D eigenvalue weighted by Crippen LogP contribution is 2.23. The van der Waals surface area contributed by atoms with E-state index in [4.69, 9.17) is 0 Å². The van der Waals surface area contributed by atoms with Crippen molar-refractivity contribution in [1.29, 1.82) is 0 Å². The lowest BCUT2D eigenvalue weighted by atomic mass is 9.93. The Bertz CT molecular complexity index is 856. The molecule has 1 saturated heterocycles. The van der Waals surface area contributed by atoms with Gasteiger partial charge in [-0.25, -0.2) is 13.8 Å². The molecule has 1 fully saturated rings. The van der Waals surface area contributed by atoms with Gasteiger partial charge in [0.15, 0.2) is 11.6 Å². The number of carbonyl (C=O) groups is 2. The van der Waals surface area contributed by atoms with Crippen LogP contribution in [0.3, 0.4) is 0 Å². The first-order valence-corrected chi connectivity index (χ1v) is 10.2. The first-order chi connectivity index (χ1) is 13.4. The van der Waals surface area contributed by atoms with Crippen LogP contribution in [0.15, 0.2) is 23.6 Å². The lowest BCUT2D eigenvalue weighted by Gasteiger charge is -2.32. The fourth-order valence-electron chi connectivity index (χ4n) is 3.38. The van der Waals surface area contributed by atoms with Gasteiger partial charge in [-0.3, -0.25) is 9.59 Å². The molecule has 0 spiro atoms. The molecule has 1 aromatic carbocycles. The molecule has 1 atom stereocenters. The van der Waals surface area contributed by atoms with E-state index in [0.717, 1.165) is 30.0 Å². The summed E-state index contributed by atoms with van der Waals surface area (Å²) in [5, 5.41) is 5.39. The number of piperidine rings is 1. The summed E-state index contributed by atoms with van der Waals surface area (Å²) in [5.74, 6) is -1.74. The van der Waals surface area contributed by atoms with Crippen LogP contribution in [0.1, 0.15) is 46.7 Å². The van der Waals surface area contributed by atoms with Crippen LogP contribution in [-0.2, 0) is 11.3 Å². The maximum atomic E-state index is 13.2. The third kappa shape index (κ3) is 5.34. The van der Waals surface area contributed by atoms with Crippen LogP contribution in [0.25, 0.3) is 0 Å². The Morgan fingerprint density at radius 2 is 2.14 bits per heavy atom. The molecule has 1 aliphatic rings. The second-order valence-corrected chi connectivity index (χ2v) is 8.14. The molecular weight excluding hydrogens is 384 g/mol. The average molecular weight is 407 g/mol. The van der Waals surface area contributed by atoms with E-state index in [1.54, 1.807) is 5.38 Å². The molecule has 0 radical (unpaired) electrons. The molecule has 1 unspecified atom stereocenters. The average Bonchev–Trinajstić information content (AvgIpc) is 3.13. The van der Waals surface area contributed by atoms with Crippen LogP contribution in [0.5, 0.6) is 0 Å². The van der Waals surface area contributed by atoms with Gasteiger partial charge in [-0.15, -0.1) is 11.3 Å². The molecular formula is C20H23F2N3O2S. The fraction of sp³-hybridized carbons (Fsp3) is 0.450. The highest BCUT2D eigenvalue weighted by molar-refractivity contribution is 7.09. The van der Waals surface area contributed by atoms with Crippen molar-refractivity contribution >= 4 is 23.2 Å². The normalized spacial score (nSPS) is 16.8. The van der Waals surface area contributed by atoms with Crippen molar-refractivity contribution < 1.29 is 18.4 Å². The van der Waals surface area contributed by atoms with E-state index in [2.05, 4.69) is 10.3 Å². The lowest BCUT2D eigenvalue weighted by Crippen LogP contribution is -2.40. The van der Waals surface area contributed by atoms with Crippen molar-refractivity contribution in [3.8, 4) is 0 Å². The molecule has 0 aliphatic carbocycles. The van der Waals surface area contributed by atoms with Crippen molar-refractivity contribution in [3.05, 3.63) is 51.5 Å². The standard InChI is InChI=1S/C20H23F2N3O2S/c1-13-24-18(12-28-13)20(27)25-8-2-3-14(11-25)5-7-19(26)23-10-15-4-6-16(21)17(22)9-15/h4,6,9,12,14H,2-3,5,7-8,10-11H2,1H3,(H,23,26). The zero-order valence-electron chi connectivity index (χ0n) is 15.7. The summed E-state index contributed by atoms with van der Waals surface area (Å²) >= 11 is 1.46. The number of hydrogen-bond acceptors (Lipinski definition) is 4. The largest absolute Gasteiger partial charge is 0.352 e. The summed E-state index contributed by atoms with van der Waals surface area (Å²) in [7, 11) is 0. The third-order valence-corrected chi connectivity index (χ3v) is 5.67. The number of nitrogens with zero attached hydrogens (tertiary/aromatic N) is 2. The molecule has 1 aliphatic heterocycles. The third-order valence-electron chi connectivity index (χ3n) is 4.90. The van der Waals surface area contributed by atoms with Gasteiger partial charge >= 0.3 is 0 Å². The zero-order valence-corrected chi connectivity index (χ0v) is 16.5. The minimum absolute atomic E-state index is 0.0446. The van der Waals surface area contributed by atoms with E-state index in [9.17, 15) is 18.4 Å². The SMILES string of the molecule is Cc1nc(C(=O)N2CCCC(CCC(=O)NCc3ccc(F)c(F)c3)C2)cs1. The van der Waals surface area contributed by atoms with Gasteiger partial charge < -0.3 is 10.2 Å². The predicted octanol–water partition coefficient (Wildman–Crippen LogP) is 3.68. The van der Waals surface area contributed by atoms with Crippen LogP contribution < -0.4 is 5.32 Å². The second-order valence-electron chi connectivity index (χ2n) is 7.08. The summed E-state index contributed by atoms with van der Waals surface area (Å²) in [5.41, 5.74) is 1.01. The van der Waals surface area contributed by atoms with Gasteiger partial charge in [0.1, 0.15) is 5.69 Å². The molecule has 1 N–H and O–H groups in total. The molecule has 0 saturated carbocycles. The smallest absolute Gasteiger partial charge is 0.273 e. The van der Waals surface area contributed by atoms with E-state index in [1.165, 1.54) is 17.4 Å². The lowest BCUT2D eigenvalue weighted by molar-refractivity contribution is -0.121. The monoisotopic (exact) mass is 407 g/mol. The molecule has 3 rings (SSSR count). The number of thiazole rings is 1. The molecule has 5 nitrogen and oxygen atoms in total. The first kappa shape index (κ1) is 20.4. The number of aromatic nitrogens is 1. The quantitative estimate of drug-likeness (QED) is 0.795. The van der Waals surface area contributed by atoms with Crippen LogP contribution in [0, 0.1) is 24.5 Å². The molecule has 0 bridgehead atoms. The van der Waals surface area contributed by atoms with Crippen LogP contribution in [0.4, 0.5) is 8.78 Å². The maximum absolute atomic E-state index is 13.2. The van der Waals surface area contributed by atoms with E-state index in [1.807, 2.05) is 11.8 Å². The molecule has 2 aromatic rings. The van der Waals surface area contributed by atoms with Crippen LogP contribution >= 0.6 is 11.3 Å². The number of likely N-dealkylation sites (tertiary alicyclic amines) is 1. The molecule has 150 valence electrons. The van der Waals surface area contributed by atoms with Gasteiger partial charge in [-0.2, -0.15) is 0 Å². The van der Waals surface area contributed by atoms with Gasteiger partial charge in [0.2, 0.25) is 5.91 Å². The summed E-state index contributed by atoms with van der Waals surface area (Å²) in [4.78, 5) is 30.7. The Hall–Kier alpha value is -2.35. The van der Waals surface area contributed by atoms with Gasteiger partial charge in [-0.05, 0) is 49.8 Å². The van der Waals surface area contributed by atoms with E-state index in [0.29, 0.717) is 37.2 Å². The fourth-order valence-corrected chi connectivity index (χ4v) is 3.97. The van der Waals surface area contributed by atoms with Gasteiger partial charge in [0.05, 0.1) is 5.01 Å². The van der Waals surface area contributed by atoms with Crippen molar-refractivity contribution in [1.82, 2.24) is 15.2 Å². The topological polar surface area (TPSA) is 62.3 Å². The number of rotatable bonds is 6. The summed E-state index contributed by atoms with van der Waals surface area (Å²) in [6, 6.07) is 3.58. The summed E-state index contributed by atoms with van der Waals surface area (Å²) in [6.07, 6.45) is 2.92. The van der Waals surface area contributed by atoms with E-state index < -0.39 is 11.6 Å². The van der Waals surface area contributed by atoms with Gasteiger partial charge in [0.25, 0.3) is 5.91 Å². The highest BCUT2D eigenvalue weighted by atomic mass is 32.1. The van der Waals surface area contributed by atoms with Crippen LogP contribution in [-0.4, -0.2) is 34.8 Å². The minimum atomic E-state index is -0.922. The predicted molar refractivity (Wildman–Crippen MR) is 103 cm³/mol. The Labute approximate surface area is 166 Å². The molecule has 28 heavy (non-hydrogen) atoms. The zero-order chi connectivity index (χ0) is 20.1. The summed E-state index contributed by atoms with van der Waals surface area (Å²) in [6.45, 7) is 3.38. The second kappa shape index (κ2) is 9.23. The number of amides is 2. The van der Waals surface area contributed by atoms with Crippen LogP contribution in [0.2, 0.25) is 0 Å². The van der Waals surface area contributed by atoms with Crippen molar-refractivity contribution in [2.75, 3.05) is 13.1 Å². The molecule has 1 aromatic heterocycles. The number of carbonyl (C=O) groups excluding carboxylic acids is 2. The minimum Gasteiger partial charge on any atom is -0.352 e. The number of hydrogen-bond donors (Lipinski definition) is 1. The molecule has 2 heterocycles. The Kier molecular flexibility index (Phi) is 6.72. The van der Waals surface area contributed by atoms with Gasteiger partial charge in [-0.1, -0.05) is 6.07 Å². The van der Waals surface area contributed by atoms with Crippen molar-refractivity contribution in [2.45, 2.75) is 39.2 Å². The van der Waals surface area contributed by atoms with Crippen molar-refractivity contribution in [3.63, 3.8) is 0 Å². The number of halogens is 2. The maximum Gasteiger partial charge on any atom is 0.273 e. The Morgan fingerprint density at radius 3 is 2.86 bits per heavy atom. The van der Waals surface area contributed by atoms with Crippen molar-refractivity contribution in [2.24, 2.45) is 5.92 Å². The Morgan fingerprint density at radius 1 is 1.32 bits per heavy atom. The molecule has 2 amide bonds.